The fourth-order valence-corrected chi connectivity index (χ4v) is 8.55. The number of hydrogen-bond acceptors (Lipinski definition) is 1. The number of anilines is 1. The number of nitrogens with zero attached hydrogens (tertiary/aromatic N) is 3. The van der Waals surface area contributed by atoms with Crippen LogP contribution in [-0.4, -0.2) is 15.2 Å². The van der Waals surface area contributed by atoms with Crippen LogP contribution in [0.3, 0.4) is 0 Å². The molecule has 250 valence electrons. The molecular formula is C47H47N3. The standard InChI is InChI=1S/C45H41N3.C2H6/c1-3-5-20-33(4-2)46-41-27-15-13-25-38(41)43-44(46)39-29-28-37-36-24-12-14-26-40(36)47(42(37)45(39)48(43)34-21-10-7-11-22-34)35-23-16-19-32(30-35)31-17-8-6-9-18-31;1-2/h4-11,13,15,17-22,24-25,27-30,40H,3,12,14,16,23,26H2,1-2H3;1-2H3/b20-5-,33-4+;. The van der Waals surface area contributed by atoms with Gasteiger partial charge in [0.15, 0.2) is 0 Å². The molecule has 6 aromatic rings. The molecule has 3 heteroatoms. The van der Waals surface area contributed by atoms with Crippen molar-refractivity contribution in [2.24, 2.45) is 0 Å². The van der Waals surface area contributed by atoms with Gasteiger partial charge in [0, 0.05) is 33.4 Å². The maximum absolute atomic E-state index is 2.76. The third kappa shape index (κ3) is 5.02. The summed E-state index contributed by atoms with van der Waals surface area (Å²) < 4.78 is 5.09. The molecule has 0 bridgehead atoms. The van der Waals surface area contributed by atoms with E-state index in [1.165, 1.54) is 90.7 Å². The van der Waals surface area contributed by atoms with Crippen molar-refractivity contribution in [1.29, 1.82) is 0 Å². The summed E-state index contributed by atoms with van der Waals surface area (Å²) in [6.07, 6.45) is 20.9. The maximum Gasteiger partial charge on any atom is 0.0804 e. The first kappa shape index (κ1) is 32.0. The van der Waals surface area contributed by atoms with E-state index in [9.17, 15) is 0 Å². The zero-order valence-corrected chi connectivity index (χ0v) is 29.9. The first-order chi connectivity index (χ1) is 24.8. The minimum atomic E-state index is 0.358. The van der Waals surface area contributed by atoms with Crippen molar-refractivity contribution >= 4 is 55.4 Å². The molecule has 1 aliphatic heterocycles. The Morgan fingerprint density at radius 3 is 2.32 bits per heavy atom. The number of fused-ring (bicyclic) bond motifs is 9. The van der Waals surface area contributed by atoms with E-state index >= 15 is 0 Å². The van der Waals surface area contributed by atoms with Gasteiger partial charge in [0.25, 0.3) is 0 Å². The van der Waals surface area contributed by atoms with Crippen molar-refractivity contribution < 1.29 is 0 Å². The quantitative estimate of drug-likeness (QED) is 0.163. The van der Waals surface area contributed by atoms with E-state index in [2.05, 4.69) is 161 Å². The maximum atomic E-state index is 2.76. The molecule has 4 aromatic carbocycles. The van der Waals surface area contributed by atoms with Gasteiger partial charge in [-0.05, 0) is 98.6 Å². The summed E-state index contributed by atoms with van der Waals surface area (Å²) in [5, 5.41) is 2.57. The van der Waals surface area contributed by atoms with E-state index in [0.29, 0.717) is 6.04 Å². The van der Waals surface area contributed by atoms with E-state index in [1.807, 2.05) is 13.8 Å². The van der Waals surface area contributed by atoms with Gasteiger partial charge in [0.2, 0.25) is 0 Å². The minimum absolute atomic E-state index is 0.358. The van der Waals surface area contributed by atoms with Crippen LogP contribution in [0.1, 0.15) is 77.3 Å². The van der Waals surface area contributed by atoms with Crippen LogP contribution in [0.4, 0.5) is 5.69 Å². The summed E-state index contributed by atoms with van der Waals surface area (Å²) in [5.41, 5.74) is 15.8. The molecule has 3 aliphatic rings. The molecule has 0 N–H and O–H groups in total. The van der Waals surface area contributed by atoms with Crippen LogP contribution in [0.5, 0.6) is 0 Å². The fourth-order valence-electron chi connectivity index (χ4n) is 8.55. The van der Waals surface area contributed by atoms with Crippen molar-refractivity contribution in [3.05, 3.63) is 150 Å². The number of hydrogen-bond donors (Lipinski definition) is 0. The molecule has 0 saturated carbocycles. The second kappa shape index (κ2) is 13.6. The lowest BCUT2D eigenvalue weighted by Crippen LogP contribution is -2.32. The molecular weight excluding hydrogens is 607 g/mol. The van der Waals surface area contributed by atoms with Gasteiger partial charge in [-0.15, -0.1) is 0 Å². The second-order valence-electron chi connectivity index (χ2n) is 13.3. The fraction of sp³-hybridized carbons (Fsp3) is 0.234. The molecule has 2 aromatic heterocycles. The molecule has 0 saturated heterocycles. The Morgan fingerprint density at radius 1 is 0.780 bits per heavy atom. The first-order valence-corrected chi connectivity index (χ1v) is 18.7. The number of benzene rings is 4. The van der Waals surface area contributed by atoms with Gasteiger partial charge in [0.1, 0.15) is 0 Å². The van der Waals surface area contributed by atoms with Gasteiger partial charge in [0.05, 0.1) is 33.8 Å². The number of para-hydroxylation sites is 2. The number of allylic oxidation sites excluding steroid dienone is 9. The normalized spacial score (nSPS) is 17.4. The molecule has 1 unspecified atom stereocenters. The highest BCUT2D eigenvalue weighted by atomic mass is 15.2. The van der Waals surface area contributed by atoms with Crippen molar-refractivity contribution in [2.45, 2.75) is 72.3 Å². The summed E-state index contributed by atoms with van der Waals surface area (Å²) in [5.74, 6) is 0. The topological polar surface area (TPSA) is 13.1 Å². The molecule has 0 radical (unpaired) electrons. The Kier molecular flexibility index (Phi) is 8.66. The van der Waals surface area contributed by atoms with Crippen LogP contribution in [0.2, 0.25) is 0 Å². The van der Waals surface area contributed by atoms with Gasteiger partial charge in [-0.1, -0.05) is 118 Å². The van der Waals surface area contributed by atoms with Crippen LogP contribution >= 0.6 is 0 Å². The van der Waals surface area contributed by atoms with Crippen molar-refractivity contribution in [3.8, 4) is 5.69 Å². The molecule has 2 aliphatic carbocycles. The molecule has 0 amide bonds. The molecule has 0 spiro atoms. The van der Waals surface area contributed by atoms with E-state index in [1.54, 1.807) is 0 Å². The predicted molar refractivity (Wildman–Crippen MR) is 217 cm³/mol. The predicted octanol–water partition coefficient (Wildman–Crippen LogP) is 13.1. The number of aromatic nitrogens is 2. The molecule has 3 heterocycles. The Bertz CT molecular complexity index is 2360. The monoisotopic (exact) mass is 653 g/mol. The highest BCUT2D eigenvalue weighted by molar-refractivity contribution is 6.24. The second-order valence-corrected chi connectivity index (χ2v) is 13.3. The SMILES string of the molecule is C/C=C(\C=C/CC)n1c2ccccc2c2c1c1ccc3c(c1n2-c1ccccc1)N(C1=CC(c2ccccc2)=CCC1)C1CCCC=C31.CC. The van der Waals surface area contributed by atoms with Crippen molar-refractivity contribution in [1.82, 2.24) is 9.13 Å². The van der Waals surface area contributed by atoms with E-state index in [4.69, 9.17) is 0 Å². The highest BCUT2D eigenvalue weighted by Gasteiger charge is 2.40. The van der Waals surface area contributed by atoms with Crippen LogP contribution in [0.25, 0.3) is 55.4 Å². The van der Waals surface area contributed by atoms with Gasteiger partial charge in [-0.25, -0.2) is 0 Å². The highest BCUT2D eigenvalue weighted by Crippen LogP contribution is 2.54. The minimum Gasteiger partial charge on any atom is -0.335 e. The molecule has 1 atom stereocenters. The van der Waals surface area contributed by atoms with E-state index in [0.717, 1.165) is 25.7 Å². The van der Waals surface area contributed by atoms with Crippen LogP contribution < -0.4 is 4.90 Å². The van der Waals surface area contributed by atoms with Crippen molar-refractivity contribution in [3.63, 3.8) is 0 Å². The van der Waals surface area contributed by atoms with Crippen LogP contribution in [0.15, 0.2) is 139 Å². The average molecular weight is 654 g/mol. The third-order valence-corrected chi connectivity index (χ3v) is 10.6. The Hall–Kier alpha value is -5.28. The van der Waals surface area contributed by atoms with Crippen molar-refractivity contribution in [2.75, 3.05) is 4.90 Å². The molecule has 50 heavy (non-hydrogen) atoms. The molecule has 3 nitrogen and oxygen atoms in total. The lowest BCUT2D eigenvalue weighted by Gasteiger charge is -2.34. The Morgan fingerprint density at radius 2 is 1.54 bits per heavy atom. The van der Waals surface area contributed by atoms with Crippen LogP contribution in [0, 0.1) is 0 Å². The average Bonchev–Trinajstić information content (AvgIpc) is 3.83. The van der Waals surface area contributed by atoms with Gasteiger partial charge in [-0.3, -0.25) is 0 Å². The summed E-state index contributed by atoms with van der Waals surface area (Å²) in [4.78, 5) is 2.76. The summed E-state index contributed by atoms with van der Waals surface area (Å²) in [6.45, 7) is 8.37. The zero-order valence-electron chi connectivity index (χ0n) is 29.9. The van der Waals surface area contributed by atoms with Gasteiger partial charge < -0.3 is 14.0 Å². The van der Waals surface area contributed by atoms with Crippen LogP contribution in [-0.2, 0) is 0 Å². The molecule has 9 rings (SSSR count). The Balaban J connectivity index is 0.00000177. The lowest BCUT2D eigenvalue weighted by atomic mass is 9.91. The summed E-state index contributed by atoms with van der Waals surface area (Å²) in [6, 6.07) is 36.1. The summed E-state index contributed by atoms with van der Waals surface area (Å²) >= 11 is 0. The Labute approximate surface area is 296 Å². The van der Waals surface area contributed by atoms with E-state index in [-0.39, 0.29) is 0 Å². The molecule has 0 fully saturated rings. The third-order valence-electron chi connectivity index (χ3n) is 10.6. The lowest BCUT2D eigenvalue weighted by molar-refractivity contribution is 0.636. The number of rotatable bonds is 6. The largest absolute Gasteiger partial charge is 0.335 e. The smallest absolute Gasteiger partial charge is 0.0804 e. The van der Waals surface area contributed by atoms with E-state index < -0.39 is 0 Å². The van der Waals surface area contributed by atoms with Gasteiger partial charge in [-0.2, -0.15) is 0 Å². The van der Waals surface area contributed by atoms with Gasteiger partial charge >= 0.3 is 0 Å². The first-order valence-electron chi connectivity index (χ1n) is 18.7. The zero-order chi connectivity index (χ0) is 34.2. The summed E-state index contributed by atoms with van der Waals surface area (Å²) in [7, 11) is 0.